The highest BCUT2D eigenvalue weighted by Crippen LogP contribution is 2.16. The Morgan fingerprint density at radius 1 is 1.40 bits per heavy atom. The van der Waals surface area contributed by atoms with Crippen LogP contribution in [0, 0.1) is 0 Å². The van der Waals surface area contributed by atoms with Crippen molar-refractivity contribution in [1.82, 2.24) is 5.32 Å². The van der Waals surface area contributed by atoms with Crippen LogP contribution in [0.2, 0.25) is 5.02 Å². The molecule has 15 heavy (non-hydrogen) atoms. The van der Waals surface area contributed by atoms with E-state index in [1.165, 1.54) is 0 Å². The van der Waals surface area contributed by atoms with Gasteiger partial charge in [0.1, 0.15) is 12.4 Å². The molecule has 1 aliphatic heterocycles. The molecule has 0 fully saturated rings. The molecule has 0 bridgehead atoms. The third kappa shape index (κ3) is 2.87. The van der Waals surface area contributed by atoms with Crippen LogP contribution in [0.25, 0.3) is 0 Å². The molecule has 1 atom stereocenters. The average Bonchev–Trinajstić information content (AvgIpc) is 2.64. The van der Waals surface area contributed by atoms with Crippen LogP contribution in [0.4, 0.5) is 0 Å². The second-order valence-electron chi connectivity index (χ2n) is 2.95. The topological polar surface area (TPSA) is 46.0 Å². The van der Waals surface area contributed by atoms with Gasteiger partial charge in [-0.05, 0) is 36.5 Å². The summed E-state index contributed by atoms with van der Waals surface area (Å²) in [4.78, 5) is 0. The Bertz CT molecular complexity index is 393. The summed E-state index contributed by atoms with van der Waals surface area (Å²) in [5, 5.41) is 11.5. The summed E-state index contributed by atoms with van der Waals surface area (Å²) < 4.78 is 5.46. The van der Waals surface area contributed by atoms with Gasteiger partial charge in [-0.15, -0.1) is 5.11 Å². The molecule has 1 aliphatic rings. The molecule has 2 rings (SSSR count). The molecule has 0 spiro atoms. The molecule has 4 nitrogen and oxygen atoms in total. The Kier molecular flexibility index (Phi) is 3.13. The molecule has 0 amide bonds. The first-order valence-corrected chi connectivity index (χ1v) is 5.12. The van der Waals surface area contributed by atoms with Gasteiger partial charge in [0, 0.05) is 5.02 Å². The second-order valence-corrected chi connectivity index (χ2v) is 3.77. The van der Waals surface area contributed by atoms with E-state index >= 15 is 0 Å². The molecule has 0 aliphatic carbocycles. The van der Waals surface area contributed by atoms with E-state index in [2.05, 4.69) is 15.5 Å². The van der Waals surface area contributed by atoms with Crippen molar-refractivity contribution in [3.05, 3.63) is 29.3 Å². The fourth-order valence-corrected chi connectivity index (χ4v) is 1.41. The minimum absolute atomic E-state index is 0.187. The Balaban J connectivity index is 1.86. The number of halogens is 1. The Hall–Kier alpha value is -1.20. The number of azo groups is 1. The van der Waals surface area contributed by atoms with Crippen molar-refractivity contribution in [3.63, 3.8) is 0 Å². The number of rotatable bonds is 3. The predicted octanol–water partition coefficient (Wildman–Crippen LogP) is 2.39. The molecular weight excluding hydrogens is 234 g/mol. The summed E-state index contributed by atoms with van der Waals surface area (Å²) >= 11 is 10.5. The Labute approximate surface area is 97.3 Å². The quantitative estimate of drug-likeness (QED) is 0.827. The van der Waals surface area contributed by atoms with Crippen LogP contribution < -0.4 is 10.1 Å². The third-order valence-electron chi connectivity index (χ3n) is 1.80. The van der Waals surface area contributed by atoms with E-state index in [0.717, 1.165) is 5.75 Å². The van der Waals surface area contributed by atoms with Crippen LogP contribution in [-0.2, 0) is 0 Å². The number of hydrogen-bond acceptors (Lipinski definition) is 3. The normalized spacial score (nSPS) is 19.0. The summed E-state index contributed by atoms with van der Waals surface area (Å²) in [5.74, 6) is 0.745. The zero-order valence-corrected chi connectivity index (χ0v) is 9.26. The van der Waals surface area contributed by atoms with E-state index in [4.69, 9.17) is 28.6 Å². The van der Waals surface area contributed by atoms with Gasteiger partial charge < -0.3 is 10.1 Å². The molecule has 0 radical (unpaired) electrons. The molecule has 0 aromatic heterocycles. The lowest BCUT2D eigenvalue weighted by Crippen LogP contribution is -2.30. The van der Waals surface area contributed by atoms with Gasteiger partial charge >= 0.3 is 0 Å². The molecule has 1 heterocycles. The number of ether oxygens (including phenoxy) is 1. The number of nitrogens with zero attached hydrogens (tertiary/aromatic N) is 2. The summed E-state index contributed by atoms with van der Waals surface area (Å²) in [6.07, 6.45) is -0.187. The van der Waals surface area contributed by atoms with Crippen LogP contribution in [0.1, 0.15) is 0 Å². The molecular formula is C9H8ClN3OS. The van der Waals surface area contributed by atoms with Gasteiger partial charge in [0.05, 0.1) is 0 Å². The first-order valence-electron chi connectivity index (χ1n) is 4.34. The monoisotopic (exact) mass is 241 g/mol. The van der Waals surface area contributed by atoms with Crippen molar-refractivity contribution in [1.29, 1.82) is 0 Å². The van der Waals surface area contributed by atoms with Crippen LogP contribution in [0.5, 0.6) is 5.75 Å². The second kappa shape index (κ2) is 4.55. The van der Waals surface area contributed by atoms with Crippen molar-refractivity contribution in [2.45, 2.75) is 6.17 Å². The van der Waals surface area contributed by atoms with Gasteiger partial charge in [0.15, 0.2) is 6.17 Å². The van der Waals surface area contributed by atoms with Crippen molar-refractivity contribution in [2.24, 2.45) is 10.2 Å². The first kappa shape index (κ1) is 10.3. The van der Waals surface area contributed by atoms with E-state index in [0.29, 0.717) is 16.7 Å². The Morgan fingerprint density at radius 2 is 2.13 bits per heavy atom. The minimum Gasteiger partial charge on any atom is -0.489 e. The van der Waals surface area contributed by atoms with Gasteiger partial charge in [-0.2, -0.15) is 5.11 Å². The maximum atomic E-state index is 5.74. The van der Waals surface area contributed by atoms with Crippen molar-refractivity contribution in [2.75, 3.05) is 6.61 Å². The predicted molar refractivity (Wildman–Crippen MR) is 61.3 cm³/mol. The molecule has 1 unspecified atom stereocenters. The van der Waals surface area contributed by atoms with Gasteiger partial charge in [-0.25, -0.2) is 0 Å². The highest BCUT2D eigenvalue weighted by atomic mass is 35.5. The average molecular weight is 242 g/mol. The molecule has 1 aromatic rings. The highest BCUT2D eigenvalue weighted by Gasteiger charge is 2.14. The molecule has 78 valence electrons. The van der Waals surface area contributed by atoms with E-state index in [9.17, 15) is 0 Å². The number of benzene rings is 1. The third-order valence-corrected chi connectivity index (χ3v) is 2.25. The zero-order chi connectivity index (χ0) is 10.7. The largest absolute Gasteiger partial charge is 0.489 e. The molecule has 6 heteroatoms. The lowest BCUT2D eigenvalue weighted by molar-refractivity contribution is 0.283. The molecule has 1 aromatic carbocycles. The fourth-order valence-electron chi connectivity index (χ4n) is 1.10. The summed E-state index contributed by atoms with van der Waals surface area (Å²) in [6.45, 7) is 0.394. The lowest BCUT2D eigenvalue weighted by atomic mass is 10.3. The van der Waals surface area contributed by atoms with Crippen LogP contribution in [-0.4, -0.2) is 17.9 Å². The van der Waals surface area contributed by atoms with Crippen LogP contribution in [0.15, 0.2) is 34.5 Å². The highest BCUT2D eigenvalue weighted by molar-refractivity contribution is 7.80. The maximum absolute atomic E-state index is 5.74. The van der Waals surface area contributed by atoms with Gasteiger partial charge in [0.2, 0.25) is 5.11 Å². The van der Waals surface area contributed by atoms with Crippen molar-refractivity contribution in [3.8, 4) is 5.75 Å². The number of thiocarbonyl (C=S) groups is 1. The SMILES string of the molecule is S=C1N=NC(COc2ccc(Cl)cc2)N1. The number of nitrogens with one attached hydrogen (secondary N) is 1. The van der Waals surface area contributed by atoms with Crippen LogP contribution in [0.3, 0.4) is 0 Å². The smallest absolute Gasteiger partial charge is 0.215 e. The van der Waals surface area contributed by atoms with E-state index in [-0.39, 0.29) is 6.17 Å². The van der Waals surface area contributed by atoms with Crippen molar-refractivity contribution >= 4 is 28.9 Å². The van der Waals surface area contributed by atoms with Crippen LogP contribution >= 0.6 is 23.8 Å². The van der Waals surface area contributed by atoms with Gasteiger partial charge in [0.25, 0.3) is 0 Å². The Morgan fingerprint density at radius 3 is 2.73 bits per heavy atom. The fraction of sp³-hybridized carbons (Fsp3) is 0.222. The number of hydrogen-bond donors (Lipinski definition) is 1. The molecule has 1 N–H and O–H groups in total. The zero-order valence-electron chi connectivity index (χ0n) is 7.68. The van der Waals surface area contributed by atoms with Gasteiger partial charge in [-0.1, -0.05) is 11.6 Å². The molecule has 0 saturated carbocycles. The standard InChI is InChI=1S/C9H8ClN3OS/c10-6-1-3-7(4-2-6)14-5-8-11-9(15)13-12-8/h1-4,8H,5H2,(H,11,15). The summed E-state index contributed by atoms with van der Waals surface area (Å²) in [5.41, 5.74) is 0. The van der Waals surface area contributed by atoms with Crippen molar-refractivity contribution < 1.29 is 4.74 Å². The van der Waals surface area contributed by atoms with E-state index < -0.39 is 0 Å². The first-order chi connectivity index (χ1) is 7.24. The molecule has 0 saturated heterocycles. The summed E-state index contributed by atoms with van der Waals surface area (Å²) in [6, 6.07) is 7.13. The van der Waals surface area contributed by atoms with E-state index in [1.54, 1.807) is 24.3 Å². The lowest BCUT2D eigenvalue weighted by Gasteiger charge is -2.09. The van der Waals surface area contributed by atoms with E-state index in [1.807, 2.05) is 0 Å². The van der Waals surface area contributed by atoms with Gasteiger partial charge in [-0.3, -0.25) is 0 Å². The maximum Gasteiger partial charge on any atom is 0.215 e. The summed E-state index contributed by atoms with van der Waals surface area (Å²) in [7, 11) is 0. The minimum atomic E-state index is -0.187.